The minimum Gasteiger partial charge on any atom is -0.339 e. The number of pyridine rings is 1. The number of carbonyl (C=O) groups is 3. The summed E-state index contributed by atoms with van der Waals surface area (Å²) in [5, 5.41) is 2.72. The highest BCUT2D eigenvalue weighted by Crippen LogP contribution is 2.30. The molecule has 24 heavy (non-hydrogen) atoms. The van der Waals surface area contributed by atoms with Crippen LogP contribution < -0.4 is 5.32 Å². The van der Waals surface area contributed by atoms with Gasteiger partial charge in [-0.1, -0.05) is 0 Å². The number of rotatable bonds is 3. The number of carbonyl (C=O) groups excluding carboxylic acids is 3. The van der Waals surface area contributed by atoms with Crippen LogP contribution in [0, 0.1) is 5.82 Å². The number of nitrogens with zero attached hydrogens (tertiary/aromatic N) is 3. The SMILES string of the molecule is CC(C)N1C(=O)NC2(CCN(C(=O)Cc3ncccc3F)C2)C1=O. The van der Waals surface area contributed by atoms with Crippen LogP contribution in [0.2, 0.25) is 0 Å². The van der Waals surface area contributed by atoms with E-state index >= 15 is 0 Å². The Hall–Kier alpha value is -2.51. The standard InChI is InChI=1S/C16H19FN4O3/c1-10(2)21-14(23)16(19-15(21)24)5-7-20(9-16)13(22)8-12-11(17)4-3-6-18-12/h3-4,6,10H,5,7-9H2,1-2H3,(H,19,24). The third kappa shape index (κ3) is 2.61. The summed E-state index contributed by atoms with van der Waals surface area (Å²) in [5.41, 5.74) is -0.978. The Morgan fingerprint density at radius 3 is 2.83 bits per heavy atom. The first-order chi connectivity index (χ1) is 11.3. The van der Waals surface area contributed by atoms with Gasteiger partial charge < -0.3 is 10.2 Å². The van der Waals surface area contributed by atoms with Crippen LogP contribution in [0.15, 0.2) is 18.3 Å². The Bertz CT molecular complexity index is 708. The summed E-state index contributed by atoms with van der Waals surface area (Å²) in [6.07, 6.45) is 1.62. The summed E-state index contributed by atoms with van der Waals surface area (Å²) < 4.78 is 13.6. The van der Waals surface area contributed by atoms with E-state index in [0.717, 1.165) is 0 Å². The monoisotopic (exact) mass is 334 g/mol. The van der Waals surface area contributed by atoms with E-state index in [1.807, 2.05) is 0 Å². The predicted molar refractivity (Wildman–Crippen MR) is 82.3 cm³/mol. The summed E-state index contributed by atoms with van der Waals surface area (Å²) in [5.74, 6) is -1.15. The molecular formula is C16H19FN4O3. The molecule has 1 aromatic rings. The van der Waals surface area contributed by atoms with Crippen LogP contribution in [0.3, 0.4) is 0 Å². The average molecular weight is 334 g/mol. The lowest BCUT2D eigenvalue weighted by atomic mass is 9.98. The molecule has 3 rings (SSSR count). The lowest BCUT2D eigenvalue weighted by Crippen LogP contribution is -2.50. The Labute approximate surface area is 138 Å². The topological polar surface area (TPSA) is 82.6 Å². The molecule has 1 unspecified atom stereocenters. The van der Waals surface area contributed by atoms with Gasteiger partial charge in [0.15, 0.2) is 0 Å². The van der Waals surface area contributed by atoms with Crippen LogP contribution in [0.25, 0.3) is 0 Å². The van der Waals surface area contributed by atoms with E-state index in [-0.39, 0.29) is 36.5 Å². The van der Waals surface area contributed by atoms with Crippen molar-refractivity contribution in [1.29, 1.82) is 0 Å². The fraction of sp³-hybridized carbons (Fsp3) is 0.500. The number of halogens is 1. The molecule has 0 saturated carbocycles. The van der Waals surface area contributed by atoms with Gasteiger partial charge in [0.25, 0.3) is 5.91 Å². The first-order valence-electron chi connectivity index (χ1n) is 7.87. The second-order valence-electron chi connectivity index (χ2n) is 6.46. The van der Waals surface area contributed by atoms with Gasteiger partial charge in [-0.25, -0.2) is 9.18 Å². The van der Waals surface area contributed by atoms with Gasteiger partial charge in [-0.15, -0.1) is 0 Å². The number of nitrogens with one attached hydrogen (secondary N) is 1. The zero-order valence-corrected chi connectivity index (χ0v) is 13.6. The molecule has 4 amide bonds. The Morgan fingerprint density at radius 1 is 1.46 bits per heavy atom. The van der Waals surface area contributed by atoms with Gasteiger partial charge in [0, 0.05) is 18.8 Å². The van der Waals surface area contributed by atoms with Crippen LogP contribution in [0.4, 0.5) is 9.18 Å². The molecule has 0 aliphatic carbocycles. The molecule has 2 fully saturated rings. The molecular weight excluding hydrogens is 315 g/mol. The first-order valence-corrected chi connectivity index (χ1v) is 7.87. The van der Waals surface area contributed by atoms with Crippen molar-refractivity contribution in [2.24, 2.45) is 0 Å². The summed E-state index contributed by atoms with van der Waals surface area (Å²) in [4.78, 5) is 43.6. The minimum absolute atomic E-state index is 0.0778. The predicted octanol–water partition coefficient (Wildman–Crippen LogP) is 0.694. The van der Waals surface area contributed by atoms with Crippen LogP contribution in [-0.4, -0.2) is 57.3 Å². The number of hydrogen-bond donors (Lipinski definition) is 1. The zero-order valence-electron chi connectivity index (χ0n) is 13.6. The molecule has 1 atom stereocenters. The molecule has 8 heteroatoms. The number of urea groups is 1. The summed E-state index contributed by atoms with van der Waals surface area (Å²) in [6.45, 7) is 3.97. The average Bonchev–Trinajstić information content (AvgIpc) is 3.04. The fourth-order valence-corrected chi connectivity index (χ4v) is 3.21. The number of aromatic nitrogens is 1. The third-order valence-corrected chi connectivity index (χ3v) is 4.48. The normalized spacial score (nSPS) is 23.5. The number of likely N-dealkylation sites (tertiary alicyclic amines) is 1. The largest absolute Gasteiger partial charge is 0.339 e. The second-order valence-corrected chi connectivity index (χ2v) is 6.46. The highest BCUT2D eigenvalue weighted by Gasteiger charge is 2.55. The van der Waals surface area contributed by atoms with Gasteiger partial charge in [0.1, 0.15) is 11.4 Å². The smallest absolute Gasteiger partial charge is 0.325 e. The molecule has 1 N–H and O–H groups in total. The van der Waals surface area contributed by atoms with E-state index in [9.17, 15) is 18.8 Å². The quantitative estimate of drug-likeness (QED) is 0.825. The van der Waals surface area contributed by atoms with Crippen LogP contribution >= 0.6 is 0 Å². The van der Waals surface area contributed by atoms with Crippen molar-refractivity contribution in [3.63, 3.8) is 0 Å². The molecule has 128 valence electrons. The minimum atomic E-state index is -1.06. The Kier molecular flexibility index (Phi) is 3.98. The molecule has 2 aliphatic rings. The summed E-state index contributed by atoms with van der Waals surface area (Å²) >= 11 is 0. The molecule has 3 heterocycles. The molecule has 2 aliphatic heterocycles. The van der Waals surface area contributed by atoms with Crippen molar-refractivity contribution in [2.45, 2.75) is 38.3 Å². The van der Waals surface area contributed by atoms with E-state index < -0.39 is 17.4 Å². The van der Waals surface area contributed by atoms with Gasteiger partial charge in [-0.2, -0.15) is 0 Å². The lowest BCUT2D eigenvalue weighted by molar-refractivity contribution is -0.133. The van der Waals surface area contributed by atoms with Crippen molar-refractivity contribution >= 4 is 17.8 Å². The van der Waals surface area contributed by atoms with Crippen LogP contribution in [0.5, 0.6) is 0 Å². The fourth-order valence-electron chi connectivity index (χ4n) is 3.21. The van der Waals surface area contributed by atoms with Crippen LogP contribution in [-0.2, 0) is 16.0 Å². The molecule has 7 nitrogen and oxygen atoms in total. The van der Waals surface area contributed by atoms with Crippen LogP contribution in [0.1, 0.15) is 26.0 Å². The van der Waals surface area contributed by atoms with Gasteiger partial charge in [-0.3, -0.25) is 19.5 Å². The van der Waals surface area contributed by atoms with Crippen molar-refractivity contribution in [2.75, 3.05) is 13.1 Å². The molecule has 2 saturated heterocycles. The third-order valence-electron chi connectivity index (χ3n) is 4.48. The van der Waals surface area contributed by atoms with Crippen molar-refractivity contribution in [3.8, 4) is 0 Å². The highest BCUT2D eigenvalue weighted by molar-refractivity contribution is 6.08. The lowest BCUT2D eigenvalue weighted by Gasteiger charge is -2.23. The molecule has 1 aromatic heterocycles. The van der Waals surface area contributed by atoms with E-state index in [0.29, 0.717) is 13.0 Å². The second kappa shape index (κ2) is 5.85. The van der Waals surface area contributed by atoms with E-state index in [2.05, 4.69) is 10.3 Å². The number of amides is 4. The number of hydrogen-bond acceptors (Lipinski definition) is 4. The summed E-state index contributed by atoms with van der Waals surface area (Å²) in [7, 11) is 0. The van der Waals surface area contributed by atoms with Crippen molar-refractivity contribution < 1.29 is 18.8 Å². The van der Waals surface area contributed by atoms with E-state index in [4.69, 9.17) is 0 Å². The van der Waals surface area contributed by atoms with Crippen molar-refractivity contribution in [1.82, 2.24) is 20.1 Å². The maximum absolute atomic E-state index is 13.6. The van der Waals surface area contributed by atoms with E-state index in [1.165, 1.54) is 28.1 Å². The summed E-state index contributed by atoms with van der Waals surface area (Å²) in [6, 6.07) is 2.04. The molecule has 0 bridgehead atoms. The van der Waals surface area contributed by atoms with Gasteiger partial charge in [0.2, 0.25) is 5.91 Å². The first kappa shape index (κ1) is 16.4. The number of imide groups is 1. The molecule has 0 radical (unpaired) electrons. The van der Waals surface area contributed by atoms with Gasteiger partial charge in [0.05, 0.1) is 18.7 Å². The maximum Gasteiger partial charge on any atom is 0.325 e. The Balaban J connectivity index is 1.72. The zero-order chi connectivity index (χ0) is 17.5. The van der Waals surface area contributed by atoms with Gasteiger partial charge in [-0.05, 0) is 32.4 Å². The Morgan fingerprint density at radius 2 is 2.21 bits per heavy atom. The maximum atomic E-state index is 13.6. The van der Waals surface area contributed by atoms with Gasteiger partial charge >= 0.3 is 6.03 Å². The van der Waals surface area contributed by atoms with E-state index in [1.54, 1.807) is 13.8 Å². The van der Waals surface area contributed by atoms with Crippen molar-refractivity contribution in [3.05, 3.63) is 29.8 Å². The molecule has 0 aromatic carbocycles. The molecule has 1 spiro atoms. The highest BCUT2D eigenvalue weighted by atomic mass is 19.1.